The Bertz CT molecular complexity index is 613. The Morgan fingerprint density at radius 1 is 1.21 bits per heavy atom. The summed E-state index contributed by atoms with van der Waals surface area (Å²) in [4.78, 5) is 4.07. The van der Waals surface area contributed by atoms with Crippen LogP contribution in [0.1, 0.15) is 0 Å². The maximum atomic E-state index is 9.33. The molecular weight excluding hydrogens is 176 g/mol. The molecule has 0 atom stereocenters. The number of phenolic OH excluding ortho intramolecular Hbond substituents is 1. The first kappa shape index (κ1) is 7.38. The molecule has 0 saturated heterocycles. The number of rotatable bonds is 0. The molecule has 0 spiro atoms. The predicted molar refractivity (Wildman–Crippen MR) is 54.4 cm³/mol. The van der Waals surface area contributed by atoms with E-state index in [1.54, 1.807) is 18.5 Å². The van der Waals surface area contributed by atoms with Crippen LogP contribution in [0.4, 0.5) is 0 Å². The zero-order valence-electron chi connectivity index (χ0n) is 7.38. The largest absolute Gasteiger partial charge is 0.508 e. The second-order valence-corrected chi connectivity index (χ2v) is 3.27. The molecule has 1 aromatic carbocycles. The Kier molecular flexibility index (Phi) is 1.31. The van der Waals surface area contributed by atoms with E-state index in [0.29, 0.717) is 5.75 Å². The molecule has 1 N–H and O–H groups in total. The van der Waals surface area contributed by atoms with Gasteiger partial charge in [0.05, 0.1) is 18.0 Å². The number of hydrogen-bond donors (Lipinski definition) is 1. The van der Waals surface area contributed by atoms with Gasteiger partial charge in [-0.2, -0.15) is 0 Å². The molecular formula is C11H8N2O. The average Bonchev–Trinajstić information content (AvgIpc) is 2.65. The maximum absolute atomic E-state index is 9.33. The summed E-state index contributed by atoms with van der Waals surface area (Å²) >= 11 is 0. The van der Waals surface area contributed by atoms with Crippen LogP contribution in [0.15, 0.2) is 43.0 Å². The van der Waals surface area contributed by atoms with Gasteiger partial charge in [0.15, 0.2) is 0 Å². The van der Waals surface area contributed by atoms with Gasteiger partial charge >= 0.3 is 0 Å². The molecule has 3 nitrogen and oxygen atoms in total. The molecule has 0 aliphatic rings. The monoisotopic (exact) mass is 184 g/mol. The Labute approximate surface area is 80.2 Å². The zero-order valence-corrected chi connectivity index (χ0v) is 7.38. The molecule has 2 aromatic heterocycles. The van der Waals surface area contributed by atoms with Crippen molar-refractivity contribution in [1.29, 1.82) is 0 Å². The molecule has 3 rings (SSSR count). The van der Waals surface area contributed by atoms with Gasteiger partial charge in [0.25, 0.3) is 0 Å². The predicted octanol–water partition coefficient (Wildman–Crippen LogP) is 2.19. The van der Waals surface area contributed by atoms with E-state index in [4.69, 9.17) is 0 Å². The van der Waals surface area contributed by atoms with Crippen LogP contribution in [0.25, 0.3) is 16.3 Å². The van der Waals surface area contributed by atoms with E-state index < -0.39 is 0 Å². The minimum absolute atomic E-state index is 0.293. The quantitative estimate of drug-likeness (QED) is 0.581. The number of benzene rings is 1. The summed E-state index contributed by atoms with van der Waals surface area (Å²) < 4.78 is 1.96. The van der Waals surface area contributed by atoms with Crippen LogP contribution < -0.4 is 0 Å². The molecule has 68 valence electrons. The molecule has 0 saturated carbocycles. The second kappa shape index (κ2) is 2.48. The number of nitrogens with zero attached hydrogens (tertiary/aromatic N) is 2. The molecule has 3 aromatic rings. The Morgan fingerprint density at radius 3 is 3.07 bits per heavy atom. The SMILES string of the molecule is Oc1ccc2c(ccn3cncc23)c1. The summed E-state index contributed by atoms with van der Waals surface area (Å²) in [7, 11) is 0. The molecule has 3 heteroatoms. The van der Waals surface area contributed by atoms with Crippen LogP contribution >= 0.6 is 0 Å². The van der Waals surface area contributed by atoms with Gasteiger partial charge in [-0.3, -0.25) is 0 Å². The van der Waals surface area contributed by atoms with Crippen LogP contribution in [0.5, 0.6) is 5.75 Å². The lowest BCUT2D eigenvalue weighted by atomic mass is 10.1. The molecule has 2 heterocycles. The van der Waals surface area contributed by atoms with Crippen LogP contribution in [-0.2, 0) is 0 Å². The van der Waals surface area contributed by atoms with E-state index in [1.807, 2.05) is 28.9 Å². The molecule has 0 amide bonds. The van der Waals surface area contributed by atoms with Crippen molar-refractivity contribution in [2.24, 2.45) is 0 Å². The zero-order chi connectivity index (χ0) is 9.54. The molecule has 0 bridgehead atoms. The van der Waals surface area contributed by atoms with Crippen molar-refractivity contribution in [3.8, 4) is 5.75 Å². The maximum Gasteiger partial charge on any atom is 0.116 e. The van der Waals surface area contributed by atoms with Gasteiger partial charge < -0.3 is 9.51 Å². The summed E-state index contributed by atoms with van der Waals surface area (Å²) in [5.41, 5.74) is 1.06. The van der Waals surface area contributed by atoms with Gasteiger partial charge in [0.1, 0.15) is 5.75 Å². The molecule has 0 aliphatic carbocycles. The van der Waals surface area contributed by atoms with Gasteiger partial charge in [0, 0.05) is 11.6 Å². The summed E-state index contributed by atoms with van der Waals surface area (Å²) in [5, 5.41) is 11.5. The third-order valence-corrected chi connectivity index (χ3v) is 2.39. The lowest BCUT2D eigenvalue weighted by Crippen LogP contribution is -1.82. The first-order valence-electron chi connectivity index (χ1n) is 4.38. The molecule has 14 heavy (non-hydrogen) atoms. The second-order valence-electron chi connectivity index (χ2n) is 3.27. The van der Waals surface area contributed by atoms with E-state index in [9.17, 15) is 5.11 Å². The molecule has 0 aliphatic heterocycles. The van der Waals surface area contributed by atoms with E-state index in [0.717, 1.165) is 16.3 Å². The molecule has 0 radical (unpaired) electrons. The van der Waals surface area contributed by atoms with E-state index in [-0.39, 0.29) is 0 Å². The summed E-state index contributed by atoms with van der Waals surface area (Å²) in [6.07, 6.45) is 5.52. The Hall–Kier alpha value is -2.03. The normalized spacial score (nSPS) is 11.1. The third-order valence-electron chi connectivity index (χ3n) is 2.39. The lowest BCUT2D eigenvalue weighted by Gasteiger charge is -2.01. The first-order chi connectivity index (χ1) is 6.84. The number of aromatic hydroxyl groups is 1. The van der Waals surface area contributed by atoms with Crippen molar-refractivity contribution in [2.75, 3.05) is 0 Å². The number of fused-ring (bicyclic) bond motifs is 3. The summed E-state index contributed by atoms with van der Waals surface area (Å²) in [5.74, 6) is 0.293. The van der Waals surface area contributed by atoms with E-state index in [1.165, 1.54) is 0 Å². The van der Waals surface area contributed by atoms with E-state index in [2.05, 4.69) is 4.98 Å². The Morgan fingerprint density at radius 2 is 2.14 bits per heavy atom. The summed E-state index contributed by atoms with van der Waals surface area (Å²) in [6.45, 7) is 0. The number of pyridine rings is 1. The lowest BCUT2D eigenvalue weighted by molar-refractivity contribution is 0.476. The van der Waals surface area contributed by atoms with E-state index >= 15 is 0 Å². The third kappa shape index (κ3) is 0.893. The van der Waals surface area contributed by atoms with Crippen molar-refractivity contribution in [3.63, 3.8) is 0 Å². The van der Waals surface area contributed by atoms with Crippen molar-refractivity contribution in [1.82, 2.24) is 9.38 Å². The van der Waals surface area contributed by atoms with Crippen LogP contribution in [0.3, 0.4) is 0 Å². The smallest absolute Gasteiger partial charge is 0.116 e. The number of hydrogen-bond acceptors (Lipinski definition) is 2. The highest BCUT2D eigenvalue weighted by atomic mass is 16.3. The van der Waals surface area contributed by atoms with Crippen LogP contribution in [-0.4, -0.2) is 14.5 Å². The van der Waals surface area contributed by atoms with Gasteiger partial charge in [-0.25, -0.2) is 4.98 Å². The first-order valence-corrected chi connectivity index (χ1v) is 4.38. The van der Waals surface area contributed by atoms with Gasteiger partial charge in [-0.1, -0.05) is 0 Å². The standard InChI is InChI=1S/C11H8N2O/c14-9-1-2-10-8(5-9)3-4-13-7-12-6-11(10)13/h1-7,14H. The highest BCUT2D eigenvalue weighted by Gasteiger charge is 2.00. The number of phenols is 1. The van der Waals surface area contributed by atoms with Crippen molar-refractivity contribution in [3.05, 3.63) is 43.0 Å². The van der Waals surface area contributed by atoms with Crippen LogP contribution in [0, 0.1) is 0 Å². The number of imidazole rings is 1. The number of aromatic nitrogens is 2. The Balaban J connectivity index is 2.57. The van der Waals surface area contributed by atoms with Crippen molar-refractivity contribution >= 4 is 16.3 Å². The fourth-order valence-electron chi connectivity index (χ4n) is 1.71. The average molecular weight is 184 g/mol. The van der Waals surface area contributed by atoms with Crippen molar-refractivity contribution < 1.29 is 5.11 Å². The highest BCUT2D eigenvalue weighted by molar-refractivity contribution is 5.96. The molecule has 0 fully saturated rings. The van der Waals surface area contributed by atoms with Gasteiger partial charge in [-0.15, -0.1) is 0 Å². The van der Waals surface area contributed by atoms with Crippen molar-refractivity contribution in [2.45, 2.75) is 0 Å². The summed E-state index contributed by atoms with van der Waals surface area (Å²) in [6, 6.07) is 7.31. The topological polar surface area (TPSA) is 37.5 Å². The van der Waals surface area contributed by atoms with Crippen LogP contribution in [0.2, 0.25) is 0 Å². The fourth-order valence-corrected chi connectivity index (χ4v) is 1.71. The fraction of sp³-hybridized carbons (Fsp3) is 0. The minimum atomic E-state index is 0.293. The van der Waals surface area contributed by atoms with Gasteiger partial charge in [0.2, 0.25) is 0 Å². The highest BCUT2D eigenvalue weighted by Crippen LogP contribution is 2.23. The van der Waals surface area contributed by atoms with Gasteiger partial charge in [-0.05, 0) is 29.7 Å². The molecule has 0 unspecified atom stereocenters. The minimum Gasteiger partial charge on any atom is -0.508 e.